The van der Waals surface area contributed by atoms with E-state index < -0.39 is 6.10 Å². The van der Waals surface area contributed by atoms with E-state index in [0.29, 0.717) is 11.6 Å². The van der Waals surface area contributed by atoms with Crippen LogP contribution in [0.4, 0.5) is 0 Å². The first-order valence-corrected chi connectivity index (χ1v) is 8.80. The van der Waals surface area contributed by atoms with Gasteiger partial charge in [-0.15, -0.1) is 0 Å². The molecule has 1 aliphatic rings. The number of aliphatic hydroxyl groups excluding tert-OH is 1. The fourth-order valence-corrected chi connectivity index (χ4v) is 2.80. The highest BCUT2D eigenvalue weighted by Gasteiger charge is 2.18. The largest absolute Gasteiger partial charge is 0.488 e. The molecule has 0 bridgehead atoms. The van der Waals surface area contributed by atoms with E-state index in [2.05, 4.69) is 0 Å². The van der Waals surface area contributed by atoms with Crippen LogP contribution in [-0.4, -0.2) is 24.4 Å². The first-order valence-electron chi connectivity index (χ1n) is 8.42. The van der Waals surface area contributed by atoms with Crippen LogP contribution in [0.2, 0.25) is 5.02 Å². The molecule has 2 atom stereocenters. The average molecular weight is 349 g/mol. The number of halogens is 1. The number of rotatable bonds is 4. The molecule has 130 valence electrons. The van der Waals surface area contributed by atoms with Gasteiger partial charge in [0.05, 0.1) is 13.2 Å². The van der Waals surface area contributed by atoms with E-state index in [1.165, 1.54) is 0 Å². The van der Waals surface area contributed by atoms with E-state index in [0.717, 1.165) is 35.5 Å². The summed E-state index contributed by atoms with van der Waals surface area (Å²) in [6.45, 7) is 7.38. The van der Waals surface area contributed by atoms with Crippen molar-refractivity contribution in [2.24, 2.45) is 0 Å². The van der Waals surface area contributed by atoms with Crippen molar-refractivity contribution in [1.29, 1.82) is 0 Å². The molecule has 24 heavy (non-hydrogen) atoms. The summed E-state index contributed by atoms with van der Waals surface area (Å²) in [7, 11) is 0. The van der Waals surface area contributed by atoms with Crippen molar-refractivity contribution in [3.8, 4) is 5.75 Å². The highest BCUT2D eigenvalue weighted by Crippen LogP contribution is 2.30. The molecule has 0 aliphatic carbocycles. The minimum Gasteiger partial charge on any atom is -0.488 e. The average Bonchev–Trinajstić information content (AvgIpc) is 3.12. The fraction of sp³-hybridized carbons (Fsp3) is 0.400. The van der Waals surface area contributed by atoms with Crippen LogP contribution in [0.5, 0.6) is 5.75 Å². The van der Waals surface area contributed by atoms with Gasteiger partial charge >= 0.3 is 0 Å². The number of ether oxygens (including phenoxy) is 2. The van der Waals surface area contributed by atoms with Gasteiger partial charge < -0.3 is 14.6 Å². The summed E-state index contributed by atoms with van der Waals surface area (Å²) in [6.07, 6.45) is 0.307. The highest BCUT2D eigenvalue weighted by molar-refractivity contribution is 6.31. The first kappa shape index (κ1) is 18.8. The maximum Gasteiger partial charge on any atom is 0.124 e. The number of aliphatic hydroxyl groups is 1. The van der Waals surface area contributed by atoms with Gasteiger partial charge in [0, 0.05) is 17.0 Å². The van der Waals surface area contributed by atoms with E-state index >= 15 is 0 Å². The Morgan fingerprint density at radius 2 is 1.88 bits per heavy atom. The lowest BCUT2D eigenvalue weighted by atomic mass is 10.00. The molecule has 0 radical (unpaired) electrons. The van der Waals surface area contributed by atoms with Crippen molar-refractivity contribution < 1.29 is 14.6 Å². The van der Waals surface area contributed by atoms with Crippen LogP contribution in [0, 0.1) is 6.92 Å². The summed E-state index contributed by atoms with van der Waals surface area (Å²) in [4.78, 5) is 0. The van der Waals surface area contributed by atoms with E-state index in [1.54, 1.807) is 0 Å². The summed E-state index contributed by atoms with van der Waals surface area (Å²) in [5.41, 5.74) is 2.58. The molecule has 0 saturated carbocycles. The molecule has 0 amide bonds. The third-order valence-corrected chi connectivity index (χ3v) is 4.18. The van der Waals surface area contributed by atoms with Crippen molar-refractivity contribution in [1.82, 2.24) is 0 Å². The first-order chi connectivity index (χ1) is 11.6. The van der Waals surface area contributed by atoms with Gasteiger partial charge in [-0.05, 0) is 30.7 Å². The zero-order chi connectivity index (χ0) is 17.5. The van der Waals surface area contributed by atoms with Crippen molar-refractivity contribution in [2.45, 2.75) is 39.4 Å². The number of hydrogen-bond acceptors (Lipinski definition) is 3. The third-order valence-electron chi connectivity index (χ3n) is 3.83. The van der Waals surface area contributed by atoms with Gasteiger partial charge in [0.2, 0.25) is 0 Å². The zero-order valence-electron chi connectivity index (χ0n) is 14.5. The summed E-state index contributed by atoms with van der Waals surface area (Å²) >= 11 is 6.19. The lowest BCUT2D eigenvalue weighted by molar-refractivity contribution is 0.141. The Hall–Kier alpha value is -1.55. The van der Waals surface area contributed by atoms with Gasteiger partial charge in [0.1, 0.15) is 18.0 Å². The van der Waals surface area contributed by atoms with Crippen molar-refractivity contribution in [2.75, 3.05) is 13.2 Å². The van der Waals surface area contributed by atoms with E-state index in [-0.39, 0.29) is 6.10 Å². The third kappa shape index (κ3) is 4.73. The van der Waals surface area contributed by atoms with Crippen LogP contribution < -0.4 is 4.74 Å². The SMILES string of the molecule is CC.Cc1ccc(Cl)c(C(O)c2ccc(OC3CCOC3)cc2)c1. The zero-order valence-corrected chi connectivity index (χ0v) is 15.2. The molecular weight excluding hydrogens is 324 g/mol. The van der Waals surface area contributed by atoms with Crippen LogP contribution in [0.1, 0.15) is 43.1 Å². The lowest BCUT2D eigenvalue weighted by Gasteiger charge is -2.16. The minimum absolute atomic E-state index is 0.127. The molecule has 1 aliphatic heterocycles. The molecule has 0 spiro atoms. The molecule has 1 N–H and O–H groups in total. The van der Waals surface area contributed by atoms with Crippen LogP contribution >= 0.6 is 11.6 Å². The summed E-state index contributed by atoms with van der Waals surface area (Å²) in [5.74, 6) is 0.793. The predicted molar refractivity (Wildman–Crippen MR) is 97.9 cm³/mol. The Balaban J connectivity index is 0.00000100. The summed E-state index contributed by atoms with van der Waals surface area (Å²) in [6, 6.07) is 13.1. The van der Waals surface area contributed by atoms with Crippen LogP contribution in [0.25, 0.3) is 0 Å². The Kier molecular flexibility index (Phi) is 7.10. The van der Waals surface area contributed by atoms with Crippen molar-refractivity contribution in [3.63, 3.8) is 0 Å². The Morgan fingerprint density at radius 3 is 2.50 bits per heavy atom. The van der Waals surface area contributed by atoms with Crippen LogP contribution in [0.15, 0.2) is 42.5 Å². The molecule has 4 heteroatoms. The van der Waals surface area contributed by atoms with Crippen LogP contribution in [0.3, 0.4) is 0 Å². The van der Waals surface area contributed by atoms with Gasteiger partial charge in [-0.3, -0.25) is 0 Å². The quantitative estimate of drug-likeness (QED) is 0.851. The monoisotopic (exact) mass is 348 g/mol. The Bertz CT molecular complexity index is 634. The van der Waals surface area contributed by atoms with Gasteiger partial charge in [-0.25, -0.2) is 0 Å². The standard InChI is InChI=1S/C18H19ClO3.C2H6/c1-12-2-7-17(19)16(10-12)18(20)13-3-5-14(6-4-13)22-15-8-9-21-11-15;1-2/h2-7,10,15,18,20H,8-9,11H2,1H3;1-2H3. The molecule has 3 nitrogen and oxygen atoms in total. The number of aryl methyl sites for hydroxylation is 1. The highest BCUT2D eigenvalue weighted by atomic mass is 35.5. The van der Waals surface area contributed by atoms with E-state index in [4.69, 9.17) is 21.1 Å². The Labute approximate surface area is 149 Å². The lowest BCUT2D eigenvalue weighted by Crippen LogP contribution is -2.15. The van der Waals surface area contributed by atoms with Gasteiger partial charge in [0.25, 0.3) is 0 Å². The van der Waals surface area contributed by atoms with E-state index in [1.807, 2.05) is 63.2 Å². The molecular formula is C20H25ClO3. The fourth-order valence-electron chi connectivity index (χ4n) is 2.58. The molecule has 0 aromatic heterocycles. The van der Waals surface area contributed by atoms with Gasteiger partial charge in [-0.1, -0.05) is 55.3 Å². The van der Waals surface area contributed by atoms with Gasteiger partial charge in [0.15, 0.2) is 0 Å². The minimum atomic E-state index is -0.740. The topological polar surface area (TPSA) is 38.7 Å². The second-order valence-corrected chi connectivity index (χ2v) is 6.01. The van der Waals surface area contributed by atoms with Crippen molar-refractivity contribution in [3.05, 3.63) is 64.2 Å². The Morgan fingerprint density at radius 1 is 1.17 bits per heavy atom. The number of hydrogen-bond donors (Lipinski definition) is 1. The van der Waals surface area contributed by atoms with Gasteiger partial charge in [-0.2, -0.15) is 0 Å². The molecule has 1 heterocycles. The molecule has 2 aromatic rings. The normalized spacial score (nSPS) is 17.8. The molecule has 2 aromatic carbocycles. The van der Waals surface area contributed by atoms with Crippen LogP contribution in [-0.2, 0) is 4.74 Å². The number of benzene rings is 2. The summed E-state index contributed by atoms with van der Waals surface area (Å²) < 4.78 is 11.1. The molecule has 1 saturated heterocycles. The summed E-state index contributed by atoms with van der Waals surface area (Å²) in [5, 5.41) is 11.1. The second kappa shape index (κ2) is 9.07. The smallest absolute Gasteiger partial charge is 0.124 e. The maximum absolute atomic E-state index is 10.5. The predicted octanol–water partition coefficient (Wildman–Crippen LogP) is 4.92. The second-order valence-electron chi connectivity index (χ2n) is 5.60. The molecule has 2 unspecified atom stereocenters. The molecule has 3 rings (SSSR count). The molecule has 1 fully saturated rings. The van der Waals surface area contributed by atoms with E-state index in [9.17, 15) is 5.11 Å². The maximum atomic E-state index is 10.5. The van der Waals surface area contributed by atoms with Crippen molar-refractivity contribution >= 4 is 11.6 Å².